The molecule has 0 aliphatic carbocycles. The SMILES string of the molecule is COc1ccc(CN)cc1OCCOc1ccc(C)cc1. The third kappa shape index (κ3) is 4.39. The monoisotopic (exact) mass is 287 g/mol. The molecule has 112 valence electrons. The van der Waals surface area contributed by atoms with Gasteiger partial charge in [-0.25, -0.2) is 0 Å². The number of hydrogen-bond acceptors (Lipinski definition) is 4. The number of benzene rings is 2. The van der Waals surface area contributed by atoms with Gasteiger partial charge in [-0.05, 0) is 36.8 Å². The summed E-state index contributed by atoms with van der Waals surface area (Å²) >= 11 is 0. The van der Waals surface area contributed by atoms with Crippen LogP contribution in [0.1, 0.15) is 11.1 Å². The first kappa shape index (κ1) is 15.2. The Labute approximate surface area is 125 Å². The van der Waals surface area contributed by atoms with Crippen LogP contribution in [0.2, 0.25) is 0 Å². The average molecular weight is 287 g/mol. The van der Waals surface area contributed by atoms with Crippen molar-refractivity contribution < 1.29 is 14.2 Å². The summed E-state index contributed by atoms with van der Waals surface area (Å²) in [6.45, 7) is 3.43. The highest BCUT2D eigenvalue weighted by Gasteiger charge is 2.05. The van der Waals surface area contributed by atoms with Crippen LogP contribution in [0, 0.1) is 6.92 Å². The maximum Gasteiger partial charge on any atom is 0.161 e. The summed E-state index contributed by atoms with van der Waals surface area (Å²) in [7, 11) is 1.62. The fourth-order valence-electron chi connectivity index (χ4n) is 1.91. The van der Waals surface area contributed by atoms with Gasteiger partial charge in [-0.15, -0.1) is 0 Å². The minimum atomic E-state index is 0.443. The fourth-order valence-corrected chi connectivity index (χ4v) is 1.91. The van der Waals surface area contributed by atoms with Crippen LogP contribution in [-0.2, 0) is 6.54 Å². The van der Waals surface area contributed by atoms with Crippen molar-refractivity contribution in [1.29, 1.82) is 0 Å². The molecule has 0 aliphatic heterocycles. The summed E-state index contributed by atoms with van der Waals surface area (Å²) < 4.78 is 16.6. The zero-order valence-corrected chi connectivity index (χ0v) is 12.5. The number of rotatable bonds is 7. The first-order chi connectivity index (χ1) is 10.2. The quantitative estimate of drug-likeness (QED) is 0.796. The van der Waals surface area contributed by atoms with Crippen LogP contribution in [-0.4, -0.2) is 20.3 Å². The second kappa shape index (κ2) is 7.55. The molecular formula is C17H21NO3. The second-order valence-corrected chi connectivity index (χ2v) is 4.70. The second-order valence-electron chi connectivity index (χ2n) is 4.70. The molecule has 0 fully saturated rings. The highest BCUT2D eigenvalue weighted by Crippen LogP contribution is 2.27. The molecule has 0 saturated carbocycles. The Bertz CT molecular complexity index is 567. The molecule has 21 heavy (non-hydrogen) atoms. The summed E-state index contributed by atoms with van der Waals surface area (Å²) in [5.74, 6) is 2.22. The molecule has 0 radical (unpaired) electrons. The molecule has 0 amide bonds. The van der Waals surface area contributed by atoms with E-state index in [0.717, 1.165) is 11.3 Å². The van der Waals surface area contributed by atoms with Gasteiger partial charge in [-0.2, -0.15) is 0 Å². The van der Waals surface area contributed by atoms with E-state index in [1.807, 2.05) is 49.4 Å². The van der Waals surface area contributed by atoms with Gasteiger partial charge in [0, 0.05) is 6.54 Å². The molecular weight excluding hydrogens is 266 g/mol. The fraction of sp³-hybridized carbons (Fsp3) is 0.294. The molecule has 0 saturated heterocycles. The van der Waals surface area contributed by atoms with Gasteiger partial charge in [-0.3, -0.25) is 0 Å². The number of aryl methyl sites for hydroxylation is 1. The summed E-state index contributed by atoms with van der Waals surface area (Å²) in [5, 5.41) is 0. The first-order valence-electron chi connectivity index (χ1n) is 6.92. The van der Waals surface area contributed by atoms with Gasteiger partial charge in [-0.1, -0.05) is 23.8 Å². The highest BCUT2D eigenvalue weighted by atomic mass is 16.5. The van der Waals surface area contributed by atoms with Crippen LogP contribution in [0.4, 0.5) is 0 Å². The van der Waals surface area contributed by atoms with Gasteiger partial charge in [0.2, 0.25) is 0 Å². The Kier molecular flexibility index (Phi) is 5.46. The zero-order valence-electron chi connectivity index (χ0n) is 12.5. The van der Waals surface area contributed by atoms with E-state index in [0.29, 0.717) is 31.3 Å². The molecule has 2 aromatic carbocycles. The number of methoxy groups -OCH3 is 1. The minimum Gasteiger partial charge on any atom is -0.493 e. The Morgan fingerprint density at radius 1 is 0.905 bits per heavy atom. The van der Waals surface area contributed by atoms with E-state index < -0.39 is 0 Å². The van der Waals surface area contributed by atoms with E-state index in [4.69, 9.17) is 19.9 Å². The van der Waals surface area contributed by atoms with Crippen LogP contribution in [0.15, 0.2) is 42.5 Å². The number of ether oxygens (including phenoxy) is 3. The molecule has 0 spiro atoms. The van der Waals surface area contributed by atoms with Crippen molar-refractivity contribution in [2.75, 3.05) is 20.3 Å². The van der Waals surface area contributed by atoms with Crippen LogP contribution in [0.25, 0.3) is 0 Å². The molecule has 0 bridgehead atoms. The van der Waals surface area contributed by atoms with E-state index in [2.05, 4.69) is 0 Å². The summed E-state index contributed by atoms with van der Waals surface area (Å²) in [6.07, 6.45) is 0. The summed E-state index contributed by atoms with van der Waals surface area (Å²) in [4.78, 5) is 0. The first-order valence-corrected chi connectivity index (χ1v) is 6.92. The van der Waals surface area contributed by atoms with Gasteiger partial charge >= 0.3 is 0 Å². The third-order valence-corrected chi connectivity index (χ3v) is 3.09. The smallest absolute Gasteiger partial charge is 0.161 e. The number of nitrogens with two attached hydrogens (primary N) is 1. The van der Waals surface area contributed by atoms with E-state index in [1.165, 1.54) is 5.56 Å². The van der Waals surface area contributed by atoms with E-state index in [-0.39, 0.29) is 0 Å². The lowest BCUT2D eigenvalue weighted by atomic mass is 10.2. The Balaban J connectivity index is 1.86. The molecule has 2 N–H and O–H groups in total. The molecule has 4 heteroatoms. The lowest BCUT2D eigenvalue weighted by Gasteiger charge is -2.12. The Hall–Kier alpha value is -2.20. The molecule has 0 aliphatic rings. The third-order valence-electron chi connectivity index (χ3n) is 3.09. The van der Waals surface area contributed by atoms with Crippen LogP contribution in [0.5, 0.6) is 17.2 Å². The van der Waals surface area contributed by atoms with Crippen molar-refractivity contribution in [3.8, 4) is 17.2 Å². The molecule has 2 rings (SSSR count). The van der Waals surface area contributed by atoms with Crippen molar-refractivity contribution in [1.82, 2.24) is 0 Å². The van der Waals surface area contributed by atoms with Crippen LogP contribution < -0.4 is 19.9 Å². The molecule has 0 unspecified atom stereocenters. The lowest BCUT2D eigenvalue weighted by Crippen LogP contribution is -2.10. The molecule has 2 aromatic rings. The molecule has 0 heterocycles. The van der Waals surface area contributed by atoms with Crippen molar-refractivity contribution >= 4 is 0 Å². The average Bonchev–Trinajstić information content (AvgIpc) is 2.53. The van der Waals surface area contributed by atoms with Crippen molar-refractivity contribution in [2.24, 2.45) is 5.73 Å². The standard InChI is InChI=1S/C17H21NO3/c1-13-3-6-15(7-4-13)20-9-10-21-17-11-14(12-18)5-8-16(17)19-2/h3-8,11H,9-10,12,18H2,1-2H3. The van der Waals surface area contributed by atoms with Crippen LogP contribution in [0.3, 0.4) is 0 Å². The van der Waals surface area contributed by atoms with Crippen molar-refractivity contribution in [3.05, 3.63) is 53.6 Å². The molecule has 0 aromatic heterocycles. The molecule has 0 atom stereocenters. The maximum absolute atomic E-state index is 5.71. The van der Waals surface area contributed by atoms with Gasteiger partial charge in [0.1, 0.15) is 19.0 Å². The van der Waals surface area contributed by atoms with Gasteiger partial charge in [0.25, 0.3) is 0 Å². The highest BCUT2D eigenvalue weighted by molar-refractivity contribution is 5.42. The topological polar surface area (TPSA) is 53.7 Å². The maximum atomic E-state index is 5.71. The summed E-state index contributed by atoms with van der Waals surface area (Å²) in [5.41, 5.74) is 7.85. The predicted molar refractivity (Wildman–Crippen MR) is 83.1 cm³/mol. The largest absolute Gasteiger partial charge is 0.493 e. The normalized spacial score (nSPS) is 10.2. The van der Waals surface area contributed by atoms with E-state index >= 15 is 0 Å². The number of hydrogen-bond donors (Lipinski definition) is 1. The molecule has 4 nitrogen and oxygen atoms in total. The Morgan fingerprint density at radius 2 is 1.62 bits per heavy atom. The zero-order chi connectivity index (χ0) is 15.1. The van der Waals surface area contributed by atoms with E-state index in [1.54, 1.807) is 7.11 Å². The Morgan fingerprint density at radius 3 is 2.29 bits per heavy atom. The minimum absolute atomic E-state index is 0.443. The summed E-state index contributed by atoms with van der Waals surface area (Å²) in [6, 6.07) is 13.6. The van der Waals surface area contributed by atoms with Crippen LogP contribution >= 0.6 is 0 Å². The predicted octanol–water partition coefficient (Wildman–Crippen LogP) is 2.92. The van der Waals surface area contributed by atoms with Gasteiger partial charge < -0.3 is 19.9 Å². The van der Waals surface area contributed by atoms with E-state index in [9.17, 15) is 0 Å². The van der Waals surface area contributed by atoms with Crippen molar-refractivity contribution in [2.45, 2.75) is 13.5 Å². The lowest BCUT2D eigenvalue weighted by molar-refractivity contribution is 0.211. The van der Waals surface area contributed by atoms with Gasteiger partial charge in [0.05, 0.1) is 7.11 Å². The van der Waals surface area contributed by atoms with Crippen molar-refractivity contribution in [3.63, 3.8) is 0 Å². The van der Waals surface area contributed by atoms with Gasteiger partial charge in [0.15, 0.2) is 11.5 Å².